The second kappa shape index (κ2) is 6.45. The van der Waals surface area contributed by atoms with Crippen molar-refractivity contribution in [3.63, 3.8) is 0 Å². The van der Waals surface area contributed by atoms with Gasteiger partial charge in [0.1, 0.15) is 0 Å². The standard InChI is InChI=1S/C17H26N2O4Se/c1-9(2)18-11(5)12(6)19(10(3)4)16(18)24-13-14(20)22-17(7,8)23-15(13)21/h9-10H,1-8H3/p+1. The summed E-state index contributed by atoms with van der Waals surface area (Å²) in [6, 6.07) is 0.501. The van der Waals surface area contributed by atoms with E-state index in [2.05, 4.69) is 50.7 Å². The van der Waals surface area contributed by atoms with Gasteiger partial charge in [-0.3, -0.25) is 0 Å². The average Bonchev–Trinajstić information content (AvgIpc) is 2.64. The Balaban J connectivity index is 2.57. The van der Waals surface area contributed by atoms with Gasteiger partial charge in [-0.1, -0.05) is 0 Å². The Labute approximate surface area is 149 Å². The number of imidazole rings is 1. The molecule has 1 aromatic heterocycles. The third-order valence-corrected chi connectivity index (χ3v) is 6.30. The Morgan fingerprint density at radius 1 is 1.17 bits per heavy atom. The number of aliphatic hydroxyl groups excluding tert-OH is 1. The normalized spacial score (nSPS) is 17.5. The molecule has 1 aliphatic heterocycles. The molecule has 7 heteroatoms. The zero-order valence-electron chi connectivity index (χ0n) is 15.6. The van der Waals surface area contributed by atoms with E-state index < -0.39 is 26.7 Å². The monoisotopic (exact) mass is 403 g/mol. The topological polar surface area (TPSA) is 64.6 Å². The van der Waals surface area contributed by atoms with Crippen LogP contribution in [-0.2, 0) is 14.3 Å². The summed E-state index contributed by atoms with van der Waals surface area (Å²) in [5.74, 6) is -1.97. The van der Waals surface area contributed by atoms with Crippen molar-refractivity contribution in [1.82, 2.24) is 4.57 Å². The molecule has 24 heavy (non-hydrogen) atoms. The Kier molecular flexibility index (Phi) is 5.07. The maximum atomic E-state index is 12.4. The van der Waals surface area contributed by atoms with Gasteiger partial charge >= 0.3 is 149 Å². The predicted molar refractivity (Wildman–Crippen MR) is 91.2 cm³/mol. The van der Waals surface area contributed by atoms with E-state index in [-0.39, 0.29) is 22.5 Å². The van der Waals surface area contributed by atoms with Crippen LogP contribution in [0.5, 0.6) is 0 Å². The number of aromatic nitrogens is 2. The van der Waals surface area contributed by atoms with Crippen molar-refractivity contribution >= 4 is 25.6 Å². The van der Waals surface area contributed by atoms with Crippen LogP contribution in [-0.4, -0.2) is 36.4 Å². The molecule has 0 unspecified atom stereocenters. The summed E-state index contributed by atoms with van der Waals surface area (Å²) in [6.45, 7) is 15.8. The van der Waals surface area contributed by atoms with Crippen molar-refractivity contribution in [2.75, 3.05) is 0 Å². The summed E-state index contributed by atoms with van der Waals surface area (Å²) in [5, 5.41) is 10.2. The van der Waals surface area contributed by atoms with E-state index in [0.29, 0.717) is 0 Å². The van der Waals surface area contributed by atoms with Crippen molar-refractivity contribution in [2.45, 2.75) is 73.3 Å². The molecule has 2 heterocycles. The van der Waals surface area contributed by atoms with Crippen molar-refractivity contribution in [3.05, 3.63) is 21.8 Å². The number of cyclic esters (lactones) is 1. The van der Waals surface area contributed by atoms with E-state index in [9.17, 15) is 9.90 Å². The van der Waals surface area contributed by atoms with E-state index >= 15 is 0 Å². The van der Waals surface area contributed by atoms with Crippen LogP contribution in [0, 0.1) is 13.8 Å². The number of carbonyl (C=O) groups excluding carboxylic acids is 1. The molecule has 2 rings (SSSR count). The Morgan fingerprint density at radius 3 is 2.21 bits per heavy atom. The molecule has 0 bridgehead atoms. The number of carbonyl (C=O) groups is 1. The van der Waals surface area contributed by atoms with Crippen LogP contribution in [0.4, 0.5) is 0 Å². The molecule has 0 spiro atoms. The second-order valence-electron chi connectivity index (χ2n) is 7.01. The van der Waals surface area contributed by atoms with E-state index in [4.69, 9.17) is 9.47 Å². The Morgan fingerprint density at radius 2 is 1.75 bits per heavy atom. The Hall–Kier alpha value is -1.46. The molecule has 6 nitrogen and oxygen atoms in total. The molecule has 0 fully saturated rings. The number of hydrogen-bond donors (Lipinski definition) is 1. The summed E-state index contributed by atoms with van der Waals surface area (Å²) in [4.78, 5) is 12.4. The maximum absolute atomic E-state index is 12.4. The third kappa shape index (κ3) is 3.33. The van der Waals surface area contributed by atoms with Crippen LogP contribution < -0.4 is 9.29 Å². The molecule has 1 N–H and O–H groups in total. The van der Waals surface area contributed by atoms with Crippen LogP contribution >= 0.6 is 0 Å². The molecule has 0 saturated carbocycles. The van der Waals surface area contributed by atoms with Gasteiger partial charge in [0.25, 0.3) is 0 Å². The summed E-state index contributed by atoms with van der Waals surface area (Å²) in [7, 11) is 0. The number of nitrogens with zero attached hydrogens (tertiary/aromatic N) is 2. The number of esters is 1. The molecule has 0 aliphatic carbocycles. The predicted octanol–water partition coefficient (Wildman–Crippen LogP) is 1.92. The number of rotatable bonds is 4. The summed E-state index contributed by atoms with van der Waals surface area (Å²) >= 11 is -0.439. The van der Waals surface area contributed by atoms with Crippen molar-refractivity contribution < 1.29 is 23.9 Å². The molecular formula is C17H27N2O4Se+. The van der Waals surface area contributed by atoms with E-state index in [0.717, 1.165) is 4.72 Å². The van der Waals surface area contributed by atoms with Gasteiger partial charge in [-0.05, 0) is 0 Å². The molecule has 0 aromatic carbocycles. The van der Waals surface area contributed by atoms with E-state index in [1.165, 1.54) is 11.4 Å². The fourth-order valence-corrected chi connectivity index (χ4v) is 5.69. The quantitative estimate of drug-likeness (QED) is 0.475. The van der Waals surface area contributed by atoms with Gasteiger partial charge in [0.05, 0.1) is 0 Å². The van der Waals surface area contributed by atoms with E-state index in [1.807, 2.05) is 0 Å². The minimum absolute atomic E-state index is 0.218. The van der Waals surface area contributed by atoms with Crippen molar-refractivity contribution in [3.8, 4) is 0 Å². The molecule has 1 aliphatic rings. The van der Waals surface area contributed by atoms with Crippen LogP contribution in [0.25, 0.3) is 0 Å². The molecule has 0 saturated heterocycles. The van der Waals surface area contributed by atoms with Crippen LogP contribution in [0.3, 0.4) is 0 Å². The zero-order valence-corrected chi connectivity index (χ0v) is 17.3. The van der Waals surface area contributed by atoms with Crippen molar-refractivity contribution in [2.24, 2.45) is 0 Å². The SMILES string of the molecule is Cc1c(C)[n+](C(C)C)c([Se]C2=C(O)OC(C)(C)OC2=O)n1C(C)C. The minimum atomic E-state index is -1.14. The number of aliphatic hydroxyl groups is 1. The summed E-state index contributed by atoms with van der Waals surface area (Å²) in [6.07, 6.45) is 0. The Bertz CT molecular complexity index is 670. The average molecular weight is 402 g/mol. The summed E-state index contributed by atoms with van der Waals surface area (Å²) in [5.41, 5.74) is 2.34. The second-order valence-corrected chi connectivity index (χ2v) is 9.06. The molecule has 0 atom stereocenters. The van der Waals surface area contributed by atoms with Crippen molar-refractivity contribution in [1.29, 1.82) is 0 Å². The fraction of sp³-hybridized carbons (Fsp3) is 0.647. The van der Waals surface area contributed by atoms with Gasteiger partial charge in [0, 0.05) is 0 Å². The molecule has 1 aromatic rings. The first kappa shape index (κ1) is 18.9. The molecular weight excluding hydrogens is 375 g/mol. The van der Waals surface area contributed by atoms with Gasteiger partial charge in [-0.15, -0.1) is 0 Å². The number of ether oxygens (including phenoxy) is 2. The first-order chi connectivity index (χ1) is 11.0. The molecule has 134 valence electrons. The van der Waals surface area contributed by atoms with Crippen LogP contribution in [0.1, 0.15) is 65.0 Å². The van der Waals surface area contributed by atoms with E-state index in [1.54, 1.807) is 13.8 Å². The van der Waals surface area contributed by atoms with Crippen LogP contribution in [0.2, 0.25) is 0 Å². The third-order valence-electron chi connectivity index (χ3n) is 3.95. The first-order valence-electron chi connectivity index (χ1n) is 8.12. The first-order valence-corrected chi connectivity index (χ1v) is 9.84. The zero-order chi connectivity index (χ0) is 18.4. The molecule has 0 radical (unpaired) electrons. The van der Waals surface area contributed by atoms with Gasteiger partial charge < -0.3 is 0 Å². The summed E-state index contributed by atoms with van der Waals surface area (Å²) < 4.78 is 16.3. The van der Waals surface area contributed by atoms with Gasteiger partial charge in [0.2, 0.25) is 0 Å². The van der Waals surface area contributed by atoms with Crippen LogP contribution in [0.15, 0.2) is 10.4 Å². The van der Waals surface area contributed by atoms with Gasteiger partial charge in [-0.25, -0.2) is 0 Å². The van der Waals surface area contributed by atoms with Gasteiger partial charge in [-0.2, -0.15) is 0 Å². The number of hydrogen-bond acceptors (Lipinski definition) is 4. The fourth-order valence-electron chi connectivity index (χ4n) is 2.90. The van der Waals surface area contributed by atoms with Gasteiger partial charge in [0.15, 0.2) is 0 Å². The molecule has 0 amide bonds.